The van der Waals surface area contributed by atoms with Crippen molar-refractivity contribution in [2.75, 3.05) is 0 Å². The highest BCUT2D eigenvalue weighted by atomic mass is 16.4. The Morgan fingerprint density at radius 2 is 1.87 bits per heavy atom. The van der Waals surface area contributed by atoms with Crippen molar-refractivity contribution >= 4 is 11.9 Å². The first-order valence-corrected chi connectivity index (χ1v) is 5.29. The van der Waals surface area contributed by atoms with Gasteiger partial charge in [0.25, 0.3) is 0 Å². The first-order chi connectivity index (χ1) is 6.75. The molecule has 0 aromatic heterocycles. The van der Waals surface area contributed by atoms with Gasteiger partial charge in [0, 0.05) is 5.92 Å². The van der Waals surface area contributed by atoms with Crippen molar-refractivity contribution in [2.24, 2.45) is 17.3 Å². The summed E-state index contributed by atoms with van der Waals surface area (Å²) in [5.41, 5.74) is 0.0458. The van der Waals surface area contributed by atoms with E-state index in [4.69, 9.17) is 5.11 Å². The molecule has 0 spiro atoms. The molecule has 0 radical (unpaired) electrons. The van der Waals surface area contributed by atoms with Gasteiger partial charge in [0.05, 0.1) is 0 Å². The summed E-state index contributed by atoms with van der Waals surface area (Å²) in [6, 6.07) is -0.770. The summed E-state index contributed by atoms with van der Waals surface area (Å²) in [6.07, 6.45) is 0.850. The maximum atomic E-state index is 11.7. The molecule has 2 unspecified atom stereocenters. The summed E-state index contributed by atoms with van der Waals surface area (Å²) >= 11 is 0. The van der Waals surface area contributed by atoms with Crippen LogP contribution in [0.25, 0.3) is 0 Å². The van der Waals surface area contributed by atoms with Crippen molar-refractivity contribution in [2.45, 2.75) is 40.2 Å². The normalized spacial score (nSPS) is 24.7. The fourth-order valence-electron chi connectivity index (χ4n) is 1.68. The highest BCUT2D eigenvalue weighted by molar-refractivity contribution is 5.87. The third kappa shape index (κ3) is 2.70. The number of aliphatic carboxylic acids is 1. The average molecular weight is 213 g/mol. The summed E-state index contributed by atoms with van der Waals surface area (Å²) in [6.45, 7) is 7.61. The number of amides is 1. The van der Waals surface area contributed by atoms with Gasteiger partial charge < -0.3 is 10.4 Å². The molecule has 1 aliphatic rings. The van der Waals surface area contributed by atoms with Gasteiger partial charge in [-0.05, 0) is 17.8 Å². The molecule has 0 aliphatic heterocycles. The molecular formula is C11H19NO3. The van der Waals surface area contributed by atoms with Crippen molar-refractivity contribution in [1.82, 2.24) is 5.32 Å². The van der Waals surface area contributed by atoms with Gasteiger partial charge in [0.1, 0.15) is 6.04 Å². The largest absolute Gasteiger partial charge is 0.480 e. The fourth-order valence-corrected chi connectivity index (χ4v) is 1.68. The van der Waals surface area contributed by atoms with Gasteiger partial charge in [0.15, 0.2) is 0 Å². The molecule has 15 heavy (non-hydrogen) atoms. The number of carbonyl (C=O) groups is 2. The average Bonchev–Trinajstić information content (AvgIpc) is 2.69. The van der Waals surface area contributed by atoms with Gasteiger partial charge in [-0.1, -0.05) is 27.7 Å². The lowest BCUT2D eigenvalue weighted by Crippen LogP contribution is -2.45. The van der Waals surface area contributed by atoms with Crippen LogP contribution in [0.5, 0.6) is 0 Å². The van der Waals surface area contributed by atoms with Crippen LogP contribution in [0.4, 0.5) is 0 Å². The van der Waals surface area contributed by atoms with E-state index in [9.17, 15) is 9.59 Å². The van der Waals surface area contributed by atoms with E-state index in [0.29, 0.717) is 0 Å². The Morgan fingerprint density at radius 1 is 1.40 bits per heavy atom. The van der Waals surface area contributed by atoms with Crippen molar-refractivity contribution in [1.29, 1.82) is 0 Å². The second-order valence-corrected chi connectivity index (χ2v) is 5.31. The van der Waals surface area contributed by atoms with E-state index in [1.54, 1.807) is 13.8 Å². The van der Waals surface area contributed by atoms with Crippen LogP contribution in [0.15, 0.2) is 0 Å². The molecule has 1 saturated carbocycles. The summed E-state index contributed by atoms with van der Waals surface area (Å²) in [5.74, 6) is -1.19. The summed E-state index contributed by atoms with van der Waals surface area (Å²) in [5, 5.41) is 11.5. The van der Waals surface area contributed by atoms with Gasteiger partial charge in [-0.25, -0.2) is 4.79 Å². The quantitative estimate of drug-likeness (QED) is 0.738. The minimum Gasteiger partial charge on any atom is -0.480 e. The van der Waals surface area contributed by atoms with Crippen LogP contribution in [-0.2, 0) is 9.59 Å². The molecule has 2 atom stereocenters. The smallest absolute Gasteiger partial charge is 0.326 e. The maximum Gasteiger partial charge on any atom is 0.326 e. The summed E-state index contributed by atoms with van der Waals surface area (Å²) in [4.78, 5) is 22.5. The first kappa shape index (κ1) is 12.0. The van der Waals surface area contributed by atoms with Gasteiger partial charge in [-0.15, -0.1) is 0 Å². The molecule has 4 nitrogen and oxygen atoms in total. The van der Waals surface area contributed by atoms with Crippen LogP contribution in [0.1, 0.15) is 34.1 Å². The molecule has 2 N–H and O–H groups in total. The maximum absolute atomic E-state index is 11.7. The van der Waals surface area contributed by atoms with E-state index >= 15 is 0 Å². The van der Waals surface area contributed by atoms with E-state index < -0.39 is 12.0 Å². The highest BCUT2D eigenvalue weighted by Gasteiger charge is 2.51. The lowest BCUT2D eigenvalue weighted by atomic mass is 10.0. The van der Waals surface area contributed by atoms with Crippen LogP contribution in [0, 0.1) is 17.3 Å². The predicted molar refractivity (Wildman–Crippen MR) is 56.3 cm³/mol. The number of carbonyl (C=O) groups excluding carboxylic acids is 1. The van der Waals surface area contributed by atoms with Crippen LogP contribution < -0.4 is 5.32 Å². The monoisotopic (exact) mass is 213 g/mol. The molecule has 1 aliphatic carbocycles. The second kappa shape index (κ2) is 3.83. The fraction of sp³-hybridized carbons (Fsp3) is 0.818. The Morgan fingerprint density at radius 3 is 2.13 bits per heavy atom. The van der Waals surface area contributed by atoms with Crippen molar-refractivity contribution < 1.29 is 14.7 Å². The SMILES string of the molecule is CC(C)C(NC(=O)C1CC1(C)C)C(=O)O. The predicted octanol–water partition coefficient (Wildman–Crippen LogP) is 1.26. The Bertz CT molecular complexity index is 284. The Labute approximate surface area is 90.0 Å². The van der Waals surface area contributed by atoms with E-state index in [1.165, 1.54) is 0 Å². The number of carboxylic acid groups (broad SMARTS) is 1. The van der Waals surface area contributed by atoms with Gasteiger partial charge >= 0.3 is 5.97 Å². The minimum atomic E-state index is -0.961. The van der Waals surface area contributed by atoms with Crippen LogP contribution in [0.3, 0.4) is 0 Å². The lowest BCUT2D eigenvalue weighted by Gasteiger charge is -2.18. The lowest BCUT2D eigenvalue weighted by molar-refractivity contribution is -0.143. The highest BCUT2D eigenvalue weighted by Crippen LogP contribution is 2.51. The molecule has 1 amide bonds. The van der Waals surface area contributed by atoms with Crippen LogP contribution in [0.2, 0.25) is 0 Å². The topological polar surface area (TPSA) is 66.4 Å². The van der Waals surface area contributed by atoms with E-state index in [2.05, 4.69) is 5.32 Å². The number of rotatable bonds is 4. The van der Waals surface area contributed by atoms with E-state index in [0.717, 1.165) is 6.42 Å². The molecule has 86 valence electrons. The summed E-state index contributed by atoms with van der Waals surface area (Å²) < 4.78 is 0. The van der Waals surface area contributed by atoms with Gasteiger partial charge in [-0.2, -0.15) is 0 Å². The number of carboxylic acids is 1. The van der Waals surface area contributed by atoms with Crippen molar-refractivity contribution in [3.05, 3.63) is 0 Å². The third-order valence-corrected chi connectivity index (χ3v) is 3.06. The van der Waals surface area contributed by atoms with Crippen LogP contribution >= 0.6 is 0 Å². The Balaban J connectivity index is 2.53. The first-order valence-electron chi connectivity index (χ1n) is 5.29. The van der Waals surface area contributed by atoms with E-state index in [1.807, 2.05) is 13.8 Å². The third-order valence-electron chi connectivity index (χ3n) is 3.06. The molecule has 0 aromatic rings. The summed E-state index contributed by atoms with van der Waals surface area (Å²) in [7, 11) is 0. The van der Waals surface area contributed by atoms with E-state index in [-0.39, 0.29) is 23.2 Å². The molecular weight excluding hydrogens is 194 g/mol. The number of hydrogen-bond donors (Lipinski definition) is 2. The Hall–Kier alpha value is -1.06. The van der Waals surface area contributed by atoms with Crippen molar-refractivity contribution in [3.63, 3.8) is 0 Å². The number of nitrogens with one attached hydrogen (secondary N) is 1. The van der Waals surface area contributed by atoms with Gasteiger partial charge in [0.2, 0.25) is 5.91 Å². The molecule has 1 rings (SSSR count). The molecule has 0 heterocycles. The second-order valence-electron chi connectivity index (χ2n) is 5.31. The van der Waals surface area contributed by atoms with Gasteiger partial charge in [-0.3, -0.25) is 4.79 Å². The minimum absolute atomic E-state index is 0.0156. The molecule has 0 aromatic carbocycles. The molecule has 0 saturated heterocycles. The standard InChI is InChI=1S/C11H19NO3/c1-6(2)8(10(14)15)12-9(13)7-5-11(7,3)4/h6-8H,5H2,1-4H3,(H,12,13)(H,14,15). The van der Waals surface area contributed by atoms with Crippen LogP contribution in [-0.4, -0.2) is 23.0 Å². The van der Waals surface area contributed by atoms with Crippen molar-refractivity contribution in [3.8, 4) is 0 Å². The zero-order valence-electron chi connectivity index (χ0n) is 9.70. The molecule has 0 bridgehead atoms. The molecule has 1 fully saturated rings. The zero-order valence-corrected chi connectivity index (χ0v) is 9.70. The number of hydrogen-bond acceptors (Lipinski definition) is 2. The zero-order chi connectivity index (χ0) is 11.8. The molecule has 4 heteroatoms. The Kier molecular flexibility index (Phi) is 3.07.